The summed E-state index contributed by atoms with van der Waals surface area (Å²) in [4.78, 5) is 17.5. The van der Waals surface area contributed by atoms with E-state index in [1.807, 2.05) is 6.92 Å². The molecule has 17 heavy (non-hydrogen) atoms. The number of carbonyl (C=O) groups excluding carboxylic acids is 1. The molecule has 90 valence electrons. The van der Waals surface area contributed by atoms with Crippen molar-refractivity contribution in [3.63, 3.8) is 0 Å². The zero-order valence-electron chi connectivity index (χ0n) is 10.4. The maximum atomic E-state index is 11.5. The number of aromatic nitrogens is 1. The highest BCUT2D eigenvalue weighted by molar-refractivity contribution is 7.22. The summed E-state index contributed by atoms with van der Waals surface area (Å²) in [7, 11) is 3.41. The first-order chi connectivity index (χ1) is 7.99. The molecule has 0 aliphatic rings. The van der Waals surface area contributed by atoms with Gasteiger partial charge in [0, 0.05) is 14.1 Å². The van der Waals surface area contributed by atoms with E-state index in [0.717, 1.165) is 15.8 Å². The Labute approximate surface area is 104 Å². The number of hydrogen-bond acceptors (Lipinski definition) is 3. The largest absolute Gasteiger partial charge is 0.331 e. The third kappa shape index (κ3) is 2.24. The number of thiazole rings is 1. The van der Waals surface area contributed by atoms with Crippen molar-refractivity contribution in [1.82, 2.24) is 9.88 Å². The standard InChI is InChI=1S/C12H15N3OS/c1-7-5-6-8(2)10-9(7)13-11(17-10)14-12(16)15(3)4/h5-6H,1-4H3,(H,13,14,16). The second-order valence-corrected chi connectivity index (χ2v) is 5.22. The number of fused-ring (bicyclic) bond motifs is 1. The van der Waals surface area contributed by atoms with Gasteiger partial charge in [-0.2, -0.15) is 0 Å². The Balaban J connectivity index is 2.41. The van der Waals surface area contributed by atoms with E-state index in [-0.39, 0.29) is 6.03 Å². The topological polar surface area (TPSA) is 45.2 Å². The molecule has 0 fully saturated rings. The molecule has 0 bridgehead atoms. The zero-order chi connectivity index (χ0) is 12.6. The molecule has 0 spiro atoms. The second kappa shape index (κ2) is 4.33. The lowest BCUT2D eigenvalue weighted by Crippen LogP contribution is -2.27. The smallest absolute Gasteiger partial charge is 0.323 e. The third-order valence-electron chi connectivity index (χ3n) is 2.56. The van der Waals surface area contributed by atoms with Crippen molar-refractivity contribution in [3.8, 4) is 0 Å². The summed E-state index contributed by atoms with van der Waals surface area (Å²) in [5, 5.41) is 3.43. The number of aryl methyl sites for hydroxylation is 2. The Morgan fingerprint density at radius 3 is 2.53 bits per heavy atom. The average Bonchev–Trinajstić information content (AvgIpc) is 2.68. The number of rotatable bonds is 1. The van der Waals surface area contributed by atoms with Gasteiger partial charge in [0.25, 0.3) is 0 Å². The van der Waals surface area contributed by atoms with Gasteiger partial charge in [-0.05, 0) is 25.0 Å². The van der Waals surface area contributed by atoms with Crippen LogP contribution in [0.4, 0.5) is 9.93 Å². The van der Waals surface area contributed by atoms with E-state index in [1.165, 1.54) is 21.8 Å². The molecule has 1 N–H and O–H groups in total. The highest BCUT2D eigenvalue weighted by Crippen LogP contribution is 2.30. The van der Waals surface area contributed by atoms with Gasteiger partial charge >= 0.3 is 6.03 Å². The lowest BCUT2D eigenvalue weighted by molar-refractivity contribution is 0.230. The fraction of sp³-hybridized carbons (Fsp3) is 0.333. The van der Waals surface area contributed by atoms with Gasteiger partial charge in [-0.1, -0.05) is 23.5 Å². The zero-order valence-corrected chi connectivity index (χ0v) is 11.2. The minimum Gasteiger partial charge on any atom is -0.331 e. The van der Waals surface area contributed by atoms with Crippen molar-refractivity contribution >= 4 is 32.7 Å². The number of amides is 2. The summed E-state index contributed by atoms with van der Waals surface area (Å²) in [5.41, 5.74) is 3.30. The molecular formula is C12H15N3OS. The van der Waals surface area contributed by atoms with Crippen LogP contribution in [-0.2, 0) is 0 Å². The molecule has 0 saturated carbocycles. The molecule has 0 aliphatic carbocycles. The molecule has 1 heterocycles. The van der Waals surface area contributed by atoms with Gasteiger partial charge in [0.05, 0.1) is 10.2 Å². The van der Waals surface area contributed by atoms with Crippen molar-refractivity contribution in [2.75, 3.05) is 19.4 Å². The molecule has 1 aromatic carbocycles. The van der Waals surface area contributed by atoms with Crippen molar-refractivity contribution in [1.29, 1.82) is 0 Å². The van der Waals surface area contributed by atoms with Crippen LogP contribution >= 0.6 is 11.3 Å². The number of carbonyl (C=O) groups is 1. The van der Waals surface area contributed by atoms with Crippen molar-refractivity contribution in [3.05, 3.63) is 23.3 Å². The van der Waals surface area contributed by atoms with Crippen LogP contribution in [0.3, 0.4) is 0 Å². The van der Waals surface area contributed by atoms with Crippen molar-refractivity contribution < 1.29 is 4.79 Å². The first-order valence-corrected chi connectivity index (χ1v) is 6.15. The van der Waals surface area contributed by atoms with E-state index in [2.05, 4.69) is 29.4 Å². The molecule has 0 saturated heterocycles. The number of hydrogen-bond donors (Lipinski definition) is 1. The first-order valence-electron chi connectivity index (χ1n) is 5.34. The predicted octanol–water partition coefficient (Wildman–Crippen LogP) is 3.01. The van der Waals surface area contributed by atoms with Crippen LogP contribution < -0.4 is 5.32 Å². The minimum atomic E-state index is -0.153. The minimum absolute atomic E-state index is 0.153. The second-order valence-electron chi connectivity index (χ2n) is 4.22. The molecule has 2 aromatic rings. The Hall–Kier alpha value is -1.62. The van der Waals surface area contributed by atoms with Crippen LogP contribution in [0, 0.1) is 13.8 Å². The lowest BCUT2D eigenvalue weighted by atomic mass is 10.1. The van der Waals surface area contributed by atoms with Gasteiger partial charge < -0.3 is 4.90 Å². The van der Waals surface area contributed by atoms with E-state index in [4.69, 9.17) is 0 Å². The SMILES string of the molecule is Cc1ccc(C)c2sc(NC(=O)N(C)C)nc12. The fourth-order valence-electron chi connectivity index (χ4n) is 1.52. The van der Waals surface area contributed by atoms with Gasteiger partial charge in [-0.15, -0.1) is 0 Å². The van der Waals surface area contributed by atoms with Gasteiger partial charge in [-0.25, -0.2) is 9.78 Å². The average molecular weight is 249 g/mol. The molecule has 2 amide bonds. The monoisotopic (exact) mass is 249 g/mol. The van der Waals surface area contributed by atoms with Crippen LogP contribution in [-0.4, -0.2) is 30.0 Å². The van der Waals surface area contributed by atoms with Gasteiger partial charge in [0.2, 0.25) is 0 Å². The maximum Gasteiger partial charge on any atom is 0.323 e. The number of benzene rings is 1. The molecule has 2 rings (SSSR count). The normalized spacial score (nSPS) is 10.6. The fourth-order valence-corrected chi connectivity index (χ4v) is 2.52. The molecule has 0 atom stereocenters. The summed E-state index contributed by atoms with van der Waals surface area (Å²) in [6.45, 7) is 4.08. The van der Waals surface area contributed by atoms with E-state index in [9.17, 15) is 4.79 Å². The predicted molar refractivity (Wildman–Crippen MR) is 71.8 cm³/mol. The van der Waals surface area contributed by atoms with E-state index in [0.29, 0.717) is 5.13 Å². The van der Waals surface area contributed by atoms with Crippen LogP contribution in [0.5, 0.6) is 0 Å². The molecule has 0 unspecified atom stereocenters. The molecule has 5 heteroatoms. The third-order valence-corrected chi connectivity index (χ3v) is 3.67. The highest BCUT2D eigenvalue weighted by atomic mass is 32.1. The van der Waals surface area contributed by atoms with Crippen LogP contribution in [0.25, 0.3) is 10.2 Å². The Kier molecular flexibility index (Phi) is 3.02. The summed E-state index contributed by atoms with van der Waals surface area (Å²) in [5.74, 6) is 0. The molecule has 1 aromatic heterocycles. The number of anilines is 1. The van der Waals surface area contributed by atoms with Crippen LogP contribution in [0.2, 0.25) is 0 Å². The number of nitrogens with zero attached hydrogens (tertiary/aromatic N) is 2. The summed E-state index contributed by atoms with van der Waals surface area (Å²) in [6.07, 6.45) is 0. The highest BCUT2D eigenvalue weighted by Gasteiger charge is 2.11. The van der Waals surface area contributed by atoms with E-state index >= 15 is 0 Å². The van der Waals surface area contributed by atoms with Gasteiger partial charge in [0.1, 0.15) is 0 Å². The molecular weight excluding hydrogens is 234 g/mol. The molecule has 4 nitrogen and oxygen atoms in total. The Bertz CT molecular complexity index is 535. The molecule has 0 aliphatic heterocycles. The van der Waals surface area contributed by atoms with Crippen LogP contribution in [0.1, 0.15) is 11.1 Å². The lowest BCUT2D eigenvalue weighted by Gasteiger charge is -2.09. The van der Waals surface area contributed by atoms with Crippen LogP contribution in [0.15, 0.2) is 12.1 Å². The Morgan fingerprint density at radius 1 is 1.29 bits per heavy atom. The molecule has 0 radical (unpaired) electrons. The van der Waals surface area contributed by atoms with Crippen molar-refractivity contribution in [2.45, 2.75) is 13.8 Å². The van der Waals surface area contributed by atoms with E-state index < -0.39 is 0 Å². The van der Waals surface area contributed by atoms with Gasteiger partial charge in [-0.3, -0.25) is 5.32 Å². The first kappa shape index (κ1) is 11.9. The summed E-state index contributed by atoms with van der Waals surface area (Å²) in [6, 6.07) is 3.97. The number of nitrogens with one attached hydrogen (secondary N) is 1. The van der Waals surface area contributed by atoms with E-state index in [1.54, 1.807) is 14.1 Å². The summed E-state index contributed by atoms with van der Waals surface area (Å²) >= 11 is 1.51. The maximum absolute atomic E-state index is 11.5. The Morgan fingerprint density at radius 2 is 1.94 bits per heavy atom. The van der Waals surface area contributed by atoms with Gasteiger partial charge in [0.15, 0.2) is 5.13 Å². The number of urea groups is 1. The summed E-state index contributed by atoms with van der Waals surface area (Å²) < 4.78 is 1.14. The van der Waals surface area contributed by atoms with Crippen molar-refractivity contribution in [2.24, 2.45) is 0 Å². The quantitative estimate of drug-likeness (QED) is 0.844.